The zero-order valence-corrected chi connectivity index (χ0v) is 9.71. The van der Waals surface area contributed by atoms with Crippen molar-refractivity contribution in [3.05, 3.63) is 35.5 Å². The van der Waals surface area contributed by atoms with Crippen LogP contribution < -0.4 is 10.6 Å². The number of hydrogen-bond donors (Lipinski definition) is 3. The van der Waals surface area contributed by atoms with E-state index in [0.717, 1.165) is 28.7 Å². The zero-order valence-electron chi connectivity index (χ0n) is 9.71. The van der Waals surface area contributed by atoms with Crippen LogP contribution in [-0.4, -0.2) is 24.5 Å². The normalized spacial score (nSPS) is 19.0. The highest BCUT2D eigenvalue weighted by Crippen LogP contribution is 2.31. The van der Waals surface area contributed by atoms with Gasteiger partial charge in [0.2, 0.25) is 5.91 Å². The smallest absolute Gasteiger partial charge is 0.228 e. The summed E-state index contributed by atoms with van der Waals surface area (Å²) < 4.78 is 0. The molecule has 0 saturated carbocycles. The van der Waals surface area contributed by atoms with Gasteiger partial charge < -0.3 is 15.6 Å². The highest BCUT2D eigenvalue weighted by Gasteiger charge is 2.28. The van der Waals surface area contributed by atoms with Gasteiger partial charge in [0.15, 0.2) is 0 Å². The third-order valence-corrected chi connectivity index (χ3v) is 3.39. The molecule has 88 valence electrons. The molecule has 1 aliphatic heterocycles. The molecular formula is C13H15N3O. The Morgan fingerprint density at radius 3 is 3.06 bits per heavy atom. The van der Waals surface area contributed by atoms with E-state index in [1.165, 1.54) is 0 Å². The second kappa shape index (κ2) is 3.89. The van der Waals surface area contributed by atoms with Gasteiger partial charge in [-0.2, -0.15) is 0 Å². The molecule has 1 atom stereocenters. The van der Waals surface area contributed by atoms with E-state index in [2.05, 4.69) is 27.8 Å². The molecule has 0 radical (unpaired) electrons. The van der Waals surface area contributed by atoms with Crippen molar-refractivity contribution in [1.29, 1.82) is 0 Å². The second-order valence-corrected chi connectivity index (χ2v) is 4.36. The molecule has 0 aliphatic carbocycles. The molecular weight excluding hydrogens is 214 g/mol. The lowest BCUT2D eigenvalue weighted by Crippen LogP contribution is -2.37. The molecule has 0 saturated heterocycles. The number of aromatic nitrogens is 1. The molecule has 1 amide bonds. The number of H-pyrrole nitrogens is 1. The molecule has 0 spiro atoms. The molecule has 4 nitrogen and oxygen atoms in total. The summed E-state index contributed by atoms with van der Waals surface area (Å²) in [4.78, 5) is 15.3. The number of likely N-dealkylation sites (N-methyl/N-ethyl adjacent to an activating group) is 1. The van der Waals surface area contributed by atoms with Crippen molar-refractivity contribution in [2.75, 3.05) is 13.6 Å². The van der Waals surface area contributed by atoms with Crippen molar-refractivity contribution in [3.8, 4) is 0 Å². The molecule has 0 unspecified atom stereocenters. The molecule has 4 heteroatoms. The molecule has 0 fully saturated rings. The summed E-state index contributed by atoms with van der Waals surface area (Å²) in [5.74, 6) is -0.0249. The highest BCUT2D eigenvalue weighted by atomic mass is 16.1. The second-order valence-electron chi connectivity index (χ2n) is 4.36. The standard InChI is InChI=1S/C13H15N3O/c1-14-13(17)9-6-15-7-11-12(9)8-4-2-3-5-10(8)16-11/h2-5,9,15-16H,6-7H2,1H3,(H,14,17)/t9-/m0/s1. The first-order valence-corrected chi connectivity index (χ1v) is 5.83. The predicted octanol–water partition coefficient (Wildman–Crippen LogP) is 1.10. The van der Waals surface area contributed by atoms with Crippen LogP contribution in [0.3, 0.4) is 0 Å². The van der Waals surface area contributed by atoms with Gasteiger partial charge in [-0.15, -0.1) is 0 Å². The van der Waals surface area contributed by atoms with Crippen LogP contribution in [0.25, 0.3) is 10.9 Å². The first kappa shape index (κ1) is 10.4. The summed E-state index contributed by atoms with van der Waals surface area (Å²) in [6.45, 7) is 1.51. The largest absolute Gasteiger partial charge is 0.359 e. The van der Waals surface area contributed by atoms with Crippen LogP contribution in [0, 0.1) is 0 Å². The summed E-state index contributed by atoms with van der Waals surface area (Å²) in [6, 6.07) is 8.15. The van der Waals surface area contributed by atoms with Gasteiger partial charge in [-0.3, -0.25) is 4.79 Å². The summed E-state index contributed by atoms with van der Waals surface area (Å²) in [5.41, 5.74) is 3.39. The van der Waals surface area contributed by atoms with E-state index in [9.17, 15) is 4.79 Å². The Hall–Kier alpha value is -1.81. The average molecular weight is 229 g/mol. The van der Waals surface area contributed by atoms with Gasteiger partial charge in [0.25, 0.3) is 0 Å². The summed E-state index contributed by atoms with van der Waals surface area (Å²) in [7, 11) is 1.69. The number of amides is 1. The quantitative estimate of drug-likeness (QED) is 0.686. The van der Waals surface area contributed by atoms with E-state index in [1.807, 2.05) is 12.1 Å². The maximum absolute atomic E-state index is 11.9. The molecule has 1 aliphatic rings. The maximum Gasteiger partial charge on any atom is 0.228 e. The Bertz CT molecular complexity index is 573. The summed E-state index contributed by atoms with van der Waals surface area (Å²) >= 11 is 0. The van der Waals surface area contributed by atoms with Crippen LogP contribution in [-0.2, 0) is 11.3 Å². The fourth-order valence-electron chi connectivity index (χ4n) is 2.60. The minimum absolute atomic E-state index is 0.0724. The number of carbonyl (C=O) groups is 1. The van der Waals surface area contributed by atoms with Crippen LogP contribution >= 0.6 is 0 Å². The number of nitrogens with one attached hydrogen (secondary N) is 3. The van der Waals surface area contributed by atoms with E-state index in [-0.39, 0.29) is 11.8 Å². The van der Waals surface area contributed by atoms with E-state index < -0.39 is 0 Å². The van der Waals surface area contributed by atoms with Gasteiger partial charge >= 0.3 is 0 Å². The van der Waals surface area contributed by atoms with Gasteiger partial charge in [-0.05, 0) is 11.6 Å². The lowest BCUT2D eigenvalue weighted by atomic mass is 9.92. The Morgan fingerprint density at radius 1 is 1.41 bits per heavy atom. The number of fused-ring (bicyclic) bond motifs is 3. The predicted molar refractivity (Wildman–Crippen MR) is 66.8 cm³/mol. The monoisotopic (exact) mass is 229 g/mol. The van der Waals surface area contributed by atoms with Gasteiger partial charge in [-0.25, -0.2) is 0 Å². The number of carbonyl (C=O) groups excluding carboxylic acids is 1. The Labute approximate surface area is 99.4 Å². The van der Waals surface area contributed by atoms with Crippen molar-refractivity contribution >= 4 is 16.8 Å². The third kappa shape index (κ3) is 1.52. The molecule has 3 rings (SSSR count). The van der Waals surface area contributed by atoms with Crippen molar-refractivity contribution in [2.24, 2.45) is 0 Å². The third-order valence-electron chi connectivity index (χ3n) is 3.39. The van der Waals surface area contributed by atoms with Crippen molar-refractivity contribution in [2.45, 2.75) is 12.5 Å². The molecule has 1 aromatic heterocycles. The first-order valence-electron chi connectivity index (χ1n) is 5.83. The fourth-order valence-corrected chi connectivity index (χ4v) is 2.60. The number of aromatic amines is 1. The Balaban J connectivity index is 2.20. The van der Waals surface area contributed by atoms with Crippen LogP contribution in [0.5, 0.6) is 0 Å². The van der Waals surface area contributed by atoms with Gasteiger partial charge in [0, 0.05) is 36.7 Å². The minimum atomic E-state index is -0.0973. The van der Waals surface area contributed by atoms with E-state index in [4.69, 9.17) is 0 Å². The number of rotatable bonds is 1. The van der Waals surface area contributed by atoms with Crippen LogP contribution in [0.4, 0.5) is 0 Å². The molecule has 2 heterocycles. The van der Waals surface area contributed by atoms with Crippen molar-refractivity contribution in [3.63, 3.8) is 0 Å². The maximum atomic E-state index is 11.9. The van der Waals surface area contributed by atoms with Crippen LogP contribution in [0.15, 0.2) is 24.3 Å². The lowest BCUT2D eigenvalue weighted by molar-refractivity contribution is -0.122. The highest BCUT2D eigenvalue weighted by molar-refractivity contribution is 5.93. The van der Waals surface area contributed by atoms with Crippen molar-refractivity contribution in [1.82, 2.24) is 15.6 Å². The molecule has 0 bridgehead atoms. The van der Waals surface area contributed by atoms with Crippen LogP contribution in [0.2, 0.25) is 0 Å². The Kier molecular flexibility index (Phi) is 2.37. The topological polar surface area (TPSA) is 56.9 Å². The molecule has 17 heavy (non-hydrogen) atoms. The van der Waals surface area contributed by atoms with Gasteiger partial charge in [0.05, 0.1) is 5.92 Å². The lowest BCUT2D eigenvalue weighted by Gasteiger charge is -2.22. The van der Waals surface area contributed by atoms with Crippen LogP contribution in [0.1, 0.15) is 17.2 Å². The summed E-state index contributed by atoms with van der Waals surface area (Å²) in [6.07, 6.45) is 0. The average Bonchev–Trinajstić information content (AvgIpc) is 2.76. The fraction of sp³-hybridized carbons (Fsp3) is 0.308. The number of para-hydroxylation sites is 1. The Morgan fingerprint density at radius 2 is 2.24 bits per heavy atom. The zero-order chi connectivity index (χ0) is 11.8. The minimum Gasteiger partial charge on any atom is -0.359 e. The van der Waals surface area contributed by atoms with E-state index in [1.54, 1.807) is 7.05 Å². The SMILES string of the molecule is CNC(=O)[C@H]1CNCc2[nH]c3ccccc3c21. The number of hydrogen-bond acceptors (Lipinski definition) is 2. The van der Waals surface area contributed by atoms with Gasteiger partial charge in [-0.1, -0.05) is 18.2 Å². The van der Waals surface area contributed by atoms with E-state index in [0.29, 0.717) is 6.54 Å². The number of benzene rings is 1. The molecule has 3 N–H and O–H groups in total. The van der Waals surface area contributed by atoms with E-state index >= 15 is 0 Å². The molecule has 2 aromatic rings. The van der Waals surface area contributed by atoms with Crippen molar-refractivity contribution < 1.29 is 4.79 Å². The first-order chi connectivity index (χ1) is 8.31. The van der Waals surface area contributed by atoms with Gasteiger partial charge in [0.1, 0.15) is 0 Å². The molecule has 1 aromatic carbocycles. The summed E-state index contributed by atoms with van der Waals surface area (Å²) in [5, 5.41) is 7.18.